The van der Waals surface area contributed by atoms with Crippen molar-refractivity contribution in [3.63, 3.8) is 0 Å². The molecule has 1 atom stereocenters. The third kappa shape index (κ3) is 3.77. The van der Waals surface area contributed by atoms with E-state index >= 15 is 0 Å². The molecule has 0 spiro atoms. The Bertz CT molecular complexity index is 157. The van der Waals surface area contributed by atoms with Crippen LogP contribution in [0.3, 0.4) is 0 Å². The monoisotopic (exact) mass is 187 g/mol. The van der Waals surface area contributed by atoms with E-state index in [-0.39, 0.29) is 17.9 Å². The van der Waals surface area contributed by atoms with Crippen LogP contribution in [0.25, 0.3) is 0 Å². The minimum atomic E-state index is -0.0349. The van der Waals surface area contributed by atoms with Crippen molar-refractivity contribution in [3.05, 3.63) is 0 Å². The molecule has 1 unspecified atom stereocenters. The molecule has 0 aromatic carbocycles. The molecule has 0 saturated heterocycles. The predicted octanol–water partition coefficient (Wildman–Crippen LogP) is 1.53. The first-order valence-electron chi connectivity index (χ1n) is 4.84. The fourth-order valence-electron chi connectivity index (χ4n) is 1.38. The molecule has 0 heterocycles. The highest BCUT2D eigenvalue weighted by atomic mass is 16.5. The summed E-state index contributed by atoms with van der Waals surface area (Å²) in [5, 5.41) is 0. The highest BCUT2D eigenvalue weighted by Gasteiger charge is 2.20. The molecule has 0 aliphatic carbocycles. The second-order valence-corrected chi connectivity index (χ2v) is 3.57. The van der Waals surface area contributed by atoms with Gasteiger partial charge in [0.25, 0.3) is 0 Å². The Morgan fingerprint density at radius 2 is 1.92 bits per heavy atom. The summed E-state index contributed by atoms with van der Waals surface area (Å²) in [6.07, 6.45) is 0. The fourth-order valence-corrected chi connectivity index (χ4v) is 1.38. The van der Waals surface area contributed by atoms with Crippen molar-refractivity contribution in [1.29, 1.82) is 0 Å². The Balaban J connectivity index is 4.19. The molecule has 0 saturated carbocycles. The van der Waals surface area contributed by atoms with Crippen molar-refractivity contribution in [2.75, 3.05) is 20.3 Å². The van der Waals surface area contributed by atoms with Crippen LogP contribution in [0.4, 0.5) is 0 Å². The van der Waals surface area contributed by atoms with E-state index in [1.807, 2.05) is 32.6 Å². The second-order valence-electron chi connectivity index (χ2n) is 3.57. The van der Waals surface area contributed by atoms with Gasteiger partial charge in [-0.25, -0.2) is 0 Å². The first kappa shape index (κ1) is 12.4. The number of ether oxygens (including phenoxy) is 1. The Labute approximate surface area is 81.1 Å². The lowest BCUT2D eigenvalue weighted by Crippen LogP contribution is -2.41. The van der Waals surface area contributed by atoms with Gasteiger partial charge in [0.2, 0.25) is 5.91 Å². The van der Waals surface area contributed by atoms with E-state index in [2.05, 4.69) is 0 Å². The molecule has 0 aliphatic heterocycles. The molecule has 0 bridgehead atoms. The SMILES string of the molecule is CCN(C(=O)C(C)COC)C(C)C. The number of carbonyl (C=O) groups is 1. The Morgan fingerprint density at radius 1 is 1.38 bits per heavy atom. The highest BCUT2D eigenvalue weighted by Crippen LogP contribution is 2.06. The first-order chi connectivity index (χ1) is 6.04. The minimum Gasteiger partial charge on any atom is -0.384 e. The zero-order chi connectivity index (χ0) is 10.4. The molecule has 3 heteroatoms. The number of hydrogen-bond donors (Lipinski definition) is 0. The number of nitrogens with zero attached hydrogens (tertiary/aromatic N) is 1. The third-order valence-corrected chi connectivity index (χ3v) is 2.09. The maximum Gasteiger partial charge on any atom is 0.227 e. The number of amides is 1. The summed E-state index contributed by atoms with van der Waals surface area (Å²) < 4.78 is 4.95. The largest absolute Gasteiger partial charge is 0.384 e. The second kappa shape index (κ2) is 5.97. The van der Waals surface area contributed by atoms with Crippen LogP contribution in [0.2, 0.25) is 0 Å². The van der Waals surface area contributed by atoms with Gasteiger partial charge in [0.1, 0.15) is 0 Å². The van der Waals surface area contributed by atoms with Crippen LogP contribution in [-0.2, 0) is 9.53 Å². The molecule has 0 aromatic rings. The molecule has 0 aliphatic rings. The predicted molar refractivity (Wildman–Crippen MR) is 53.6 cm³/mol. The van der Waals surface area contributed by atoms with Gasteiger partial charge in [-0.1, -0.05) is 6.92 Å². The van der Waals surface area contributed by atoms with E-state index in [4.69, 9.17) is 4.74 Å². The molecule has 78 valence electrons. The average molecular weight is 187 g/mol. The summed E-state index contributed by atoms with van der Waals surface area (Å²) in [6.45, 7) is 9.22. The van der Waals surface area contributed by atoms with Crippen molar-refractivity contribution in [3.8, 4) is 0 Å². The molecule has 3 nitrogen and oxygen atoms in total. The summed E-state index contributed by atoms with van der Waals surface area (Å²) in [6, 6.07) is 0.275. The zero-order valence-electron chi connectivity index (χ0n) is 9.33. The van der Waals surface area contributed by atoms with E-state index in [0.29, 0.717) is 6.61 Å². The van der Waals surface area contributed by atoms with Crippen molar-refractivity contribution >= 4 is 5.91 Å². The lowest BCUT2D eigenvalue weighted by atomic mass is 10.1. The molecular formula is C10H21NO2. The van der Waals surface area contributed by atoms with Gasteiger partial charge >= 0.3 is 0 Å². The van der Waals surface area contributed by atoms with Crippen molar-refractivity contribution in [1.82, 2.24) is 4.90 Å². The molecule has 0 fully saturated rings. The lowest BCUT2D eigenvalue weighted by Gasteiger charge is -2.27. The van der Waals surface area contributed by atoms with Crippen LogP contribution < -0.4 is 0 Å². The van der Waals surface area contributed by atoms with Crippen LogP contribution >= 0.6 is 0 Å². The van der Waals surface area contributed by atoms with E-state index < -0.39 is 0 Å². The Morgan fingerprint density at radius 3 is 2.23 bits per heavy atom. The molecule has 13 heavy (non-hydrogen) atoms. The van der Waals surface area contributed by atoms with E-state index in [1.165, 1.54) is 0 Å². The molecule has 0 N–H and O–H groups in total. The fraction of sp³-hybridized carbons (Fsp3) is 0.900. The van der Waals surface area contributed by atoms with Crippen LogP contribution in [0, 0.1) is 5.92 Å². The van der Waals surface area contributed by atoms with Gasteiger partial charge in [-0.15, -0.1) is 0 Å². The number of carbonyl (C=O) groups excluding carboxylic acids is 1. The van der Waals surface area contributed by atoms with Gasteiger partial charge in [-0.3, -0.25) is 4.79 Å². The van der Waals surface area contributed by atoms with Gasteiger partial charge in [0, 0.05) is 19.7 Å². The van der Waals surface area contributed by atoms with E-state index in [1.54, 1.807) is 7.11 Å². The lowest BCUT2D eigenvalue weighted by molar-refractivity contribution is -0.138. The summed E-state index contributed by atoms with van der Waals surface area (Å²) in [5.74, 6) is 0.145. The molecule has 1 amide bonds. The number of rotatable bonds is 5. The maximum atomic E-state index is 11.8. The van der Waals surface area contributed by atoms with E-state index in [0.717, 1.165) is 6.54 Å². The number of methoxy groups -OCH3 is 1. The van der Waals surface area contributed by atoms with Gasteiger partial charge < -0.3 is 9.64 Å². The van der Waals surface area contributed by atoms with E-state index in [9.17, 15) is 4.79 Å². The summed E-state index contributed by atoms with van der Waals surface area (Å²) in [5.41, 5.74) is 0. The number of hydrogen-bond acceptors (Lipinski definition) is 2. The molecule has 0 radical (unpaired) electrons. The Hall–Kier alpha value is -0.570. The van der Waals surface area contributed by atoms with Gasteiger partial charge in [-0.2, -0.15) is 0 Å². The average Bonchev–Trinajstić information content (AvgIpc) is 2.05. The van der Waals surface area contributed by atoms with Crippen molar-refractivity contribution in [2.24, 2.45) is 5.92 Å². The molecular weight excluding hydrogens is 166 g/mol. The smallest absolute Gasteiger partial charge is 0.227 e. The summed E-state index contributed by atoms with van der Waals surface area (Å²) in [7, 11) is 1.62. The van der Waals surface area contributed by atoms with Gasteiger partial charge in [-0.05, 0) is 20.8 Å². The topological polar surface area (TPSA) is 29.5 Å². The quantitative estimate of drug-likeness (QED) is 0.653. The molecule has 0 rings (SSSR count). The minimum absolute atomic E-state index is 0.0349. The zero-order valence-corrected chi connectivity index (χ0v) is 9.33. The molecule has 0 aromatic heterocycles. The van der Waals surface area contributed by atoms with Crippen LogP contribution in [0.5, 0.6) is 0 Å². The third-order valence-electron chi connectivity index (χ3n) is 2.09. The summed E-state index contributed by atoms with van der Waals surface area (Å²) >= 11 is 0. The van der Waals surface area contributed by atoms with Crippen molar-refractivity contribution in [2.45, 2.75) is 33.7 Å². The van der Waals surface area contributed by atoms with Crippen LogP contribution in [0.15, 0.2) is 0 Å². The van der Waals surface area contributed by atoms with Gasteiger partial charge in [0.15, 0.2) is 0 Å². The Kier molecular flexibility index (Phi) is 5.71. The standard InChI is InChI=1S/C10H21NO2/c1-6-11(8(2)3)10(12)9(4)7-13-5/h8-9H,6-7H2,1-5H3. The normalized spacial score (nSPS) is 13.1. The maximum absolute atomic E-state index is 11.8. The van der Waals surface area contributed by atoms with Crippen molar-refractivity contribution < 1.29 is 9.53 Å². The van der Waals surface area contributed by atoms with Crippen LogP contribution in [0.1, 0.15) is 27.7 Å². The van der Waals surface area contributed by atoms with Gasteiger partial charge in [0.05, 0.1) is 12.5 Å². The first-order valence-corrected chi connectivity index (χ1v) is 4.84. The van der Waals surface area contributed by atoms with Crippen LogP contribution in [-0.4, -0.2) is 37.1 Å². The highest BCUT2D eigenvalue weighted by molar-refractivity contribution is 5.78. The summed E-state index contributed by atoms with van der Waals surface area (Å²) in [4.78, 5) is 13.6.